The Kier molecular flexibility index (Phi) is 9.68. The van der Waals surface area contributed by atoms with Crippen molar-refractivity contribution in [2.75, 3.05) is 0 Å². The number of halogens is 2. The molecule has 0 aliphatic heterocycles. The Morgan fingerprint density at radius 3 is 2.61 bits per heavy atom. The zero-order chi connectivity index (χ0) is 14.1. The zero-order valence-electron chi connectivity index (χ0n) is 10.8. The van der Waals surface area contributed by atoms with E-state index in [-0.39, 0.29) is 11.2 Å². The fourth-order valence-electron chi connectivity index (χ4n) is 1.33. The lowest BCUT2D eigenvalue weighted by atomic mass is 10.1. The summed E-state index contributed by atoms with van der Waals surface area (Å²) in [5, 5.41) is 9.46. The number of rotatable bonds is 8. The van der Waals surface area contributed by atoms with Gasteiger partial charge < -0.3 is 5.11 Å². The summed E-state index contributed by atoms with van der Waals surface area (Å²) >= 11 is 8.18. The standard InChI is InChI=1S/C14H20ClIO2/c1-10(2)8-14(18)7-6-13(17)5-4-12(15)9-11(3)16/h6-8,12,14,18H,3-5,9H2,1-2H3/b7-6+/t12-,14?/m1/s1. The molecule has 1 N–H and O–H groups in total. The second kappa shape index (κ2) is 9.75. The number of allylic oxidation sites excluding steroid dienone is 3. The van der Waals surface area contributed by atoms with Gasteiger partial charge in [-0.15, -0.1) is 11.6 Å². The maximum atomic E-state index is 11.5. The van der Waals surface area contributed by atoms with Crippen LogP contribution in [0.15, 0.2) is 34.0 Å². The molecule has 0 heterocycles. The molecule has 102 valence electrons. The van der Waals surface area contributed by atoms with Crippen molar-refractivity contribution in [3.8, 4) is 0 Å². The van der Waals surface area contributed by atoms with Crippen LogP contribution in [-0.2, 0) is 4.79 Å². The van der Waals surface area contributed by atoms with E-state index in [1.807, 2.05) is 13.8 Å². The molecule has 2 atom stereocenters. The second-order valence-electron chi connectivity index (χ2n) is 4.42. The van der Waals surface area contributed by atoms with Crippen molar-refractivity contribution in [1.29, 1.82) is 0 Å². The van der Waals surface area contributed by atoms with Gasteiger partial charge in [-0.2, -0.15) is 0 Å². The van der Waals surface area contributed by atoms with Gasteiger partial charge in [-0.1, -0.05) is 18.2 Å². The SMILES string of the molecule is C=C(I)C[C@H](Cl)CCC(=O)/C=C/C(O)C=C(C)C. The zero-order valence-corrected chi connectivity index (χ0v) is 13.7. The van der Waals surface area contributed by atoms with E-state index in [4.69, 9.17) is 11.6 Å². The molecule has 2 nitrogen and oxygen atoms in total. The summed E-state index contributed by atoms with van der Waals surface area (Å²) < 4.78 is 0.995. The smallest absolute Gasteiger partial charge is 0.155 e. The molecular formula is C14H20ClIO2. The summed E-state index contributed by atoms with van der Waals surface area (Å²) in [4.78, 5) is 11.5. The predicted octanol–water partition coefficient (Wildman–Crippen LogP) is 4.17. The number of carbonyl (C=O) groups excluding carboxylic acids is 1. The molecule has 0 aliphatic rings. The van der Waals surface area contributed by atoms with Gasteiger partial charge in [0.05, 0.1) is 6.10 Å². The van der Waals surface area contributed by atoms with Crippen molar-refractivity contribution in [2.45, 2.75) is 44.6 Å². The van der Waals surface area contributed by atoms with Crippen LogP contribution in [0.2, 0.25) is 0 Å². The first kappa shape index (κ1) is 17.9. The Morgan fingerprint density at radius 1 is 1.50 bits per heavy atom. The minimum absolute atomic E-state index is 0.0130. The van der Waals surface area contributed by atoms with Gasteiger partial charge >= 0.3 is 0 Å². The molecule has 0 spiro atoms. The van der Waals surface area contributed by atoms with E-state index in [2.05, 4.69) is 29.2 Å². The Morgan fingerprint density at radius 2 is 2.11 bits per heavy atom. The molecule has 0 bridgehead atoms. The summed E-state index contributed by atoms with van der Waals surface area (Å²) in [6, 6.07) is 0. The Hall–Kier alpha value is -0.130. The third-order valence-electron chi connectivity index (χ3n) is 2.13. The first-order valence-electron chi connectivity index (χ1n) is 5.82. The van der Waals surface area contributed by atoms with E-state index in [9.17, 15) is 9.90 Å². The van der Waals surface area contributed by atoms with Crippen LogP contribution in [0.1, 0.15) is 33.1 Å². The van der Waals surface area contributed by atoms with Crippen LogP contribution in [0.3, 0.4) is 0 Å². The van der Waals surface area contributed by atoms with Crippen LogP contribution < -0.4 is 0 Å². The summed E-state index contributed by atoms with van der Waals surface area (Å²) in [5.41, 5.74) is 1.01. The van der Waals surface area contributed by atoms with Crippen LogP contribution in [0.5, 0.6) is 0 Å². The molecule has 0 aromatic heterocycles. The van der Waals surface area contributed by atoms with Gasteiger partial charge in [-0.05, 0) is 65.0 Å². The fraction of sp³-hybridized carbons (Fsp3) is 0.500. The number of aliphatic hydroxyl groups is 1. The second-order valence-corrected chi connectivity index (χ2v) is 6.56. The minimum atomic E-state index is -0.695. The van der Waals surface area contributed by atoms with E-state index in [1.54, 1.807) is 6.08 Å². The lowest BCUT2D eigenvalue weighted by Gasteiger charge is -2.06. The molecule has 0 aromatic carbocycles. The average molecular weight is 383 g/mol. The number of carbonyl (C=O) groups is 1. The largest absolute Gasteiger partial charge is 0.385 e. The van der Waals surface area contributed by atoms with E-state index in [0.717, 1.165) is 15.6 Å². The molecule has 0 amide bonds. The maximum absolute atomic E-state index is 11.5. The van der Waals surface area contributed by atoms with Gasteiger partial charge in [-0.25, -0.2) is 0 Å². The fourth-order valence-corrected chi connectivity index (χ4v) is 2.41. The number of hydrogen-bond acceptors (Lipinski definition) is 2. The monoisotopic (exact) mass is 382 g/mol. The molecule has 0 rings (SSSR count). The molecular weight excluding hydrogens is 363 g/mol. The number of hydrogen-bond donors (Lipinski definition) is 1. The van der Waals surface area contributed by atoms with Crippen LogP contribution in [-0.4, -0.2) is 22.4 Å². The van der Waals surface area contributed by atoms with E-state index < -0.39 is 6.10 Å². The highest BCUT2D eigenvalue weighted by Gasteiger charge is 2.07. The Balaban J connectivity index is 4.01. The molecule has 18 heavy (non-hydrogen) atoms. The van der Waals surface area contributed by atoms with Crippen molar-refractivity contribution in [3.05, 3.63) is 34.0 Å². The van der Waals surface area contributed by atoms with E-state index in [0.29, 0.717) is 12.8 Å². The Bertz CT molecular complexity index is 344. The van der Waals surface area contributed by atoms with Crippen LogP contribution in [0, 0.1) is 0 Å². The van der Waals surface area contributed by atoms with E-state index >= 15 is 0 Å². The highest BCUT2D eigenvalue weighted by atomic mass is 127. The van der Waals surface area contributed by atoms with Gasteiger partial charge in [0.1, 0.15) is 0 Å². The quantitative estimate of drug-likeness (QED) is 0.296. The van der Waals surface area contributed by atoms with Gasteiger partial charge in [0.2, 0.25) is 0 Å². The molecule has 0 radical (unpaired) electrons. The molecule has 0 fully saturated rings. The van der Waals surface area contributed by atoms with Crippen molar-refractivity contribution < 1.29 is 9.90 Å². The Labute approximate surface area is 128 Å². The molecule has 0 saturated heterocycles. The highest BCUT2D eigenvalue weighted by Crippen LogP contribution is 2.19. The van der Waals surface area contributed by atoms with Gasteiger partial charge in [0, 0.05) is 11.8 Å². The number of aliphatic hydroxyl groups excluding tert-OH is 1. The lowest BCUT2D eigenvalue weighted by Crippen LogP contribution is -2.04. The predicted molar refractivity (Wildman–Crippen MR) is 86.2 cm³/mol. The summed E-state index contributed by atoms with van der Waals surface area (Å²) in [6.07, 6.45) is 5.66. The average Bonchev–Trinajstić information content (AvgIpc) is 2.21. The maximum Gasteiger partial charge on any atom is 0.155 e. The van der Waals surface area contributed by atoms with Crippen LogP contribution in [0.4, 0.5) is 0 Å². The van der Waals surface area contributed by atoms with Crippen LogP contribution >= 0.6 is 34.2 Å². The van der Waals surface area contributed by atoms with Gasteiger partial charge in [-0.3, -0.25) is 4.79 Å². The summed E-state index contributed by atoms with van der Waals surface area (Å²) in [5.74, 6) is -0.0130. The first-order valence-corrected chi connectivity index (χ1v) is 7.34. The van der Waals surface area contributed by atoms with Crippen molar-refractivity contribution in [2.24, 2.45) is 0 Å². The van der Waals surface area contributed by atoms with E-state index in [1.165, 1.54) is 12.2 Å². The van der Waals surface area contributed by atoms with Crippen molar-refractivity contribution in [1.82, 2.24) is 0 Å². The third kappa shape index (κ3) is 11.0. The van der Waals surface area contributed by atoms with Crippen LogP contribution in [0.25, 0.3) is 0 Å². The first-order chi connectivity index (χ1) is 8.31. The highest BCUT2D eigenvalue weighted by molar-refractivity contribution is 14.1. The molecule has 0 aromatic rings. The summed E-state index contributed by atoms with van der Waals surface area (Å²) in [7, 11) is 0. The minimum Gasteiger partial charge on any atom is -0.385 e. The van der Waals surface area contributed by atoms with Crippen molar-refractivity contribution >= 4 is 40.0 Å². The van der Waals surface area contributed by atoms with Crippen molar-refractivity contribution in [3.63, 3.8) is 0 Å². The molecule has 0 aliphatic carbocycles. The normalized spacial score (nSPS) is 14.3. The molecule has 1 unspecified atom stereocenters. The van der Waals surface area contributed by atoms with Gasteiger partial charge in [0.15, 0.2) is 5.78 Å². The topological polar surface area (TPSA) is 37.3 Å². The number of ketones is 1. The van der Waals surface area contributed by atoms with Gasteiger partial charge in [0.25, 0.3) is 0 Å². The molecule has 0 saturated carbocycles. The number of alkyl halides is 1. The summed E-state index contributed by atoms with van der Waals surface area (Å²) in [6.45, 7) is 7.57. The molecule has 4 heteroatoms. The lowest BCUT2D eigenvalue weighted by molar-refractivity contribution is -0.114. The third-order valence-corrected chi connectivity index (χ3v) is 2.94.